The second kappa shape index (κ2) is 6.99. The Hall–Kier alpha value is -1.77. The lowest BCUT2D eigenvalue weighted by Gasteiger charge is -2.03. The number of benzene rings is 1. The molecule has 0 radical (unpaired) electrons. The van der Waals surface area contributed by atoms with Crippen LogP contribution >= 0.6 is 11.3 Å². The Morgan fingerprint density at radius 1 is 1.27 bits per heavy atom. The molecule has 0 bridgehead atoms. The minimum Gasteiger partial charge on any atom is -0.321 e. The molecule has 0 saturated carbocycles. The maximum Gasteiger partial charge on any atom is 0.265 e. The van der Waals surface area contributed by atoms with Crippen LogP contribution in [0.4, 0.5) is 10.1 Å². The van der Waals surface area contributed by atoms with Crippen LogP contribution < -0.4 is 10.0 Å². The third-order valence-corrected chi connectivity index (χ3v) is 4.58. The quantitative estimate of drug-likeness (QED) is 0.845. The van der Waals surface area contributed by atoms with Gasteiger partial charge in [0.15, 0.2) is 0 Å². The number of thiophene rings is 1. The van der Waals surface area contributed by atoms with Gasteiger partial charge in [-0.2, -0.15) is 0 Å². The highest BCUT2D eigenvalue weighted by atomic mass is 32.2. The van der Waals surface area contributed by atoms with Crippen molar-refractivity contribution in [3.63, 3.8) is 0 Å². The van der Waals surface area contributed by atoms with Crippen molar-refractivity contribution in [2.45, 2.75) is 6.42 Å². The standard InChI is InChI=1S/C14H15FN2O3S2/c1-22(19,20)16-8-7-12-5-6-13(21-12)14(18)17-11-4-2-3-10(15)9-11/h2-6,9,16H,7-8H2,1H3,(H,17,18). The SMILES string of the molecule is CS(=O)(=O)NCCc1ccc(C(=O)Nc2cccc(F)c2)s1. The van der Waals surface area contributed by atoms with Gasteiger partial charge in [-0.25, -0.2) is 17.5 Å². The number of nitrogens with one attached hydrogen (secondary N) is 2. The molecule has 1 aromatic heterocycles. The van der Waals surface area contributed by atoms with Crippen molar-refractivity contribution in [3.8, 4) is 0 Å². The molecule has 1 heterocycles. The number of hydrogen-bond donors (Lipinski definition) is 2. The molecule has 0 fully saturated rings. The number of rotatable bonds is 6. The number of carbonyl (C=O) groups is 1. The number of amides is 1. The Balaban J connectivity index is 1.94. The van der Waals surface area contributed by atoms with Gasteiger partial charge in [0.1, 0.15) is 5.82 Å². The maximum absolute atomic E-state index is 13.1. The molecule has 22 heavy (non-hydrogen) atoms. The lowest BCUT2D eigenvalue weighted by Crippen LogP contribution is -2.24. The fourth-order valence-corrected chi connectivity index (χ4v) is 3.13. The minimum absolute atomic E-state index is 0.282. The van der Waals surface area contributed by atoms with E-state index in [-0.39, 0.29) is 12.5 Å². The summed E-state index contributed by atoms with van der Waals surface area (Å²) in [7, 11) is -3.21. The molecule has 0 spiro atoms. The molecular weight excluding hydrogens is 327 g/mol. The molecule has 5 nitrogen and oxygen atoms in total. The highest BCUT2D eigenvalue weighted by molar-refractivity contribution is 7.88. The zero-order chi connectivity index (χ0) is 16.2. The van der Waals surface area contributed by atoms with Crippen LogP contribution in [-0.2, 0) is 16.4 Å². The third kappa shape index (κ3) is 5.21. The summed E-state index contributed by atoms with van der Waals surface area (Å²) >= 11 is 1.27. The third-order valence-electron chi connectivity index (χ3n) is 2.70. The van der Waals surface area contributed by atoms with Gasteiger partial charge in [0, 0.05) is 17.1 Å². The van der Waals surface area contributed by atoms with Crippen LogP contribution in [-0.4, -0.2) is 27.1 Å². The first-order chi connectivity index (χ1) is 10.3. The van der Waals surface area contributed by atoms with Crippen LogP contribution in [0.2, 0.25) is 0 Å². The van der Waals surface area contributed by atoms with E-state index in [1.165, 1.54) is 29.5 Å². The molecule has 0 saturated heterocycles. The van der Waals surface area contributed by atoms with Gasteiger partial charge in [0.05, 0.1) is 11.1 Å². The minimum atomic E-state index is -3.21. The first kappa shape index (κ1) is 16.6. The van der Waals surface area contributed by atoms with Crippen molar-refractivity contribution in [2.24, 2.45) is 0 Å². The van der Waals surface area contributed by atoms with E-state index in [0.29, 0.717) is 17.0 Å². The Kier molecular flexibility index (Phi) is 5.28. The molecule has 8 heteroatoms. The number of hydrogen-bond acceptors (Lipinski definition) is 4. The lowest BCUT2D eigenvalue weighted by molar-refractivity contribution is 0.103. The smallest absolute Gasteiger partial charge is 0.265 e. The predicted octanol–water partition coefficient (Wildman–Crippen LogP) is 2.23. The van der Waals surface area contributed by atoms with E-state index >= 15 is 0 Å². The average Bonchev–Trinajstić information content (AvgIpc) is 2.86. The van der Waals surface area contributed by atoms with E-state index < -0.39 is 15.8 Å². The van der Waals surface area contributed by atoms with Crippen molar-refractivity contribution in [2.75, 3.05) is 18.1 Å². The summed E-state index contributed by atoms with van der Waals surface area (Å²) in [5.74, 6) is -0.741. The normalized spacial score (nSPS) is 11.4. The molecule has 0 aliphatic heterocycles. The van der Waals surface area contributed by atoms with Crippen molar-refractivity contribution >= 4 is 33.0 Å². The van der Waals surface area contributed by atoms with Gasteiger partial charge in [-0.3, -0.25) is 4.79 Å². The first-order valence-electron chi connectivity index (χ1n) is 6.44. The molecule has 118 valence electrons. The fourth-order valence-electron chi connectivity index (χ4n) is 1.75. The first-order valence-corrected chi connectivity index (χ1v) is 9.14. The van der Waals surface area contributed by atoms with Crippen LogP contribution in [0.15, 0.2) is 36.4 Å². The summed E-state index contributed by atoms with van der Waals surface area (Å²) in [6.07, 6.45) is 1.60. The van der Waals surface area contributed by atoms with Gasteiger partial charge in [0.25, 0.3) is 5.91 Å². The highest BCUT2D eigenvalue weighted by Crippen LogP contribution is 2.19. The van der Waals surface area contributed by atoms with Crippen LogP contribution in [0, 0.1) is 5.82 Å². The number of anilines is 1. The second-order valence-corrected chi connectivity index (χ2v) is 7.65. The molecule has 2 N–H and O–H groups in total. The Bertz CT molecular complexity index is 772. The van der Waals surface area contributed by atoms with Crippen LogP contribution in [0.5, 0.6) is 0 Å². The molecule has 2 aromatic rings. The summed E-state index contributed by atoms with van der Waals surface area (Å²) in [4.78, 5) is 13.4. The van der Waals surface area contributed by atoms with Crippen molar-refractivity contribution in [1.29, 1.82) is 0 Å². The van der Waals surface area contributed by atoms with E-state index in [1.54, 1.807) is 18.2 Å². The Labute approximate surface area is 132 Å². The lowest BCUT2D eigenvalue weighted by atomic mass is 10.3. The summed E-state index contributed by atoms with van der Waals surface area (Å²) in [6, 6.07) is 9.09. The summed E-state index contributed by atoms with van der Waals surface area (Å²) < 4.78 is 37.4. The summed E-state index contributed by atoms with van der Waals surface area (Å²) in [5, 5.41) is 2.61. The van der Waals surface area contributed by atoms with Crippen molar-refractivity contribution in [3.05, 3.63) is 52.0 Å². The van der Waals surface area contributed by atoms with Gasteiger partial charge < -0.3 is 5.32 Å². The molecule has 2 rings (SSSR count). The number of sulfonamides is 1. The van der Waals surface area contributed by atoms with Crippen LogP contribution in [0.25, 0.3) is 0 Å². The van der Waals surface area contributed by atoms with Gasteiger partial charge >= 0.3 is 0 Å². The molecular formula is C14H15FN2O3S2. The van der Waals surface area contributed by atoms with E-state index in [9.17, 15) is 17.6 Å². The fraction of sp³-hybridized carbons (Fsp3) is 0.214. The molecule has 1 amide bonds. The largest absolute Gasteiger partial charge is 0.321 e. The van der Waals surface area contributed by atoms with Gasteiger partial charge in [0.2, 0.25) is 10.0 Å². The van der Waals surface area contributed by atoms with Crippen LogP contribution in [0.1, 0.15) is 14.5 Å². The highest BCUT2D eigenvalue weighted by Gasteiger charge is 2.10. The second-order valence-electron chi connectivity index (χ2n) is 4.65. The molecule has 1 aromatic carbocycles. The van der Waals surface area contributed by atoms with E-state index in [1.807, 2.05) is 0 Å². The monoisotopic (exact) mass is 342 g/mol. The maximum atomic E-state index is 13.1. The van der Waals surface area contributed by atoms with E-state index in [4.69, 9.17) is 0 Å². The molecule has 0 aliphatic rings. The summed E-state index contributed by atoms with van der Waals surface area (Å²) in [5.41, 5.74) is 0.388. The molecule has 0 aliphatic carbocycles. The number of carbonyl (C=O) groups excluding carboxylic acids is 1. The van der Waals surface area contributed by atoms with Gasteiger partial charge in [-0.05, 0) is 36.8 Å². The van der Waals surface area contributed by atoms with Gasteiger partial charge in [-0.15, -0.1) is 11.3 Å². The van der Waals surface area contributed by atoms with Gasteiger partial charge in [-0.1, -0.05) is 6.07 Å². The van der Waals surface area contributed by atoms with Crippen molar-refractivity contribution < 1.29 is 17.6 Å². The predicted molar refractivity (Wildman–Crippen MR) is 85.2 cm³/mol. The summed E-state index contributed by atoms with van der Waals surface area (Å²) in [6.45, 7) is 0.282. The van der Waals surface area contributed by atoms with Crippen LogP contribution in [0.3, 0.4) is 0 Å². The zero-order valence-electron chi connectivity index (χ0n) is 11.8. The average molecular weight is 342 g/mol. The van der Waals surface area contributed by atoms with E-state index in [0.717, 1.165) is 11.1 Å². The Morgan fingerprint density at radius 3 is 2.73 bits per heavy atom. The molecule has 0 atom stereocenters. The van der Waals surface area contributed by atoms with E-state index in [2.05, 4.69) is 10.0 Å². The topological polar surface area (TPSA) is 75.3 Å². The molecule has 0 unspecified atom stereocenters. The Morgan fingerprint density at radius 2 is 2.05 bits per heavy atom. The zero-order valence-corrected chi connectivity index (χ0v) is 13.4. The number of halogens is 1. The van der Waals surface area contributed by atoms with Crippen molar-refractivity contribution in [1.82, 2.24) is 4.72 Å².